The molecule has 116 valence electrons. The zero-order valence-corrected chi connectivity index (χ0v) is 14.2. The lowest BCUT2D eigenvalue weighted by atomic mass is 10.2. The van der Waals surface area contributed by atoms with Gasteiger partial charge in [-0.1, -0.05) is 6.92 Å². The number of hydrogen-bond donors (Lipinski definition) is 1. The maximum atomic E-state index is 12.6. The Hall–Kier alpha value is -0.560. The summed E-state index contributed by atoms with van der Waals surface area (Å²) in [7, 11) is 1.77. The summed E-state index contributed by atoms with van der Waals surface area (Å²) >= 11 is 3.31. The van der Waals surface area contributed by atoms with Crippen molar-refractivity contribution in [2.75, 3.05) is 24.8 Å². The molecule has 1 N–H and O–H groups in total. The normalized spacial score (nSPS) is 23.7. The van der Waals surface area contributed by atoms with Crippen LogP contribution in [-0.4, -0.2) is 69.2 Å². The molecule has 0 saturated carbocycles. The zero-order chi connectivity index (χ0) is 15.3. The maximum absolute atomic E-state index is 12.6. The fourth-order valence-corrected chi connectivity index (χ4v) is 4.10. The van der Waals surface area contributed by atoms with Gasteiger partial charge in [-0.25, -0.2) is 9.59 Å². The van der Waals surface area contributed by atoms with Crippen molar-refractivity contribution in [3.8, 4) is 0 Å². The van der Waals surface area contributed by atoms with Crippen LogP contribution in [0, 0.1) is 0 Å². The van der Waals surface area contributed by atoms with Gasteiger partial charge in [0.1, 0.15) is 6.04 Å². The highest BCUT2D eigenvalue weighted by molar-refractivity contribution is 8.00. The summed E-state index contributed by atoms with van der Waals surface area (Å²) in [4.78, 5) is 27.1. The molecule has 20 heavy (non-hydrogen) atoms. The summed E-state index contributed by atoms with van der Waals surface area (Å²) in [5.74, 6) is 0.562. The van der Waals surface area contributed by atoms with Crippen LogP contribution in [0.3, 0.4) is 0 Å². The van der Waals surface area contributed by atoms with Crippen molar-refractivity contribution in [2.45, 2.75) is 44.1 Å². The van der Waals surface area contributed by atoms with Crippen LogP contribution < -0.4 is 0 Å². The first kappa shape index (κ1) is 17.5. The summed E-state index contributed by atoms with van der Waals surface area (Å²) in [5.41, 5.74) is 0. The Morgan fingerprint density at radius 2 is 2.20 bits per heavy atom. The fourth-order valence-electron chi connectivity index (χ4n) is 2.18. The van der Waals surface area contributed by atoms with Crippen LogP contribution in [-0.2, 0) is 4.79 Å². The van der Waals surface area contributed by atoms with E-state index >= 15 is 0 Å². The zero-order valence-electron chi connectivity index (χ0n) is 12.5. The van der Waals surface area contributed by atoms with Gasteiger partial charge in [-0.05, 0) is 31.8 Å². The number of nitrogens with zero attached hydrogens (tertiary/aromatic N) is 2. The number of rotatable bonds is 6. The number of carboxylic acids is 1. The molecule has 7 heteroatoms. The number of carbonyl (C=O) groups is 2. The fraction of sp³-hybridized carbons (Fsp3) is 0.846. The highest BCUT2D eigenvalue weighted by atomic mass is 32.2. The second kappa shape index (κ2) is 8.02. The van der Waals surface area contributed by atoms with Crippen molar-refractivity contribution in [3.63, 3.8) is 0 Å². The molecule has 0 aromatic rings. The van der Waals surface area contributed by atoms with Gasteiger partial charge < -0.3 is 10.0 Å². The lowest BCUT2D eigenvalue weighted by Crippen LogP contribution is -2.52. The second-order valence-electron chi connectivity index (χ2n) is 4.98. The van der Waals surface area contributed by atoms with Gasteiger partial charge in [-0.2, -0.15) is 11.8 Å². The van der Waals surface area contributed by atoms with Crippen LogP contribution >= 0.6 is 23.5 Å². The molecule has 0 spiro atoms. The minimum Gasteiger partial charge on any atom is -0.480 e. The standard InChI is InChI=1S/C13H24N2O3S2/c1-5-11-15(10(8-20-11)12(16)17)13(18)14(3)9(2)6-7-19-4/h9-11H,5-8H2,1-4H3,(H,16,17). The lowest BCUT2D eigenvalue weighted by molar-refractivity contribution is -0.141. The second-order valence-corrected chi connectivity index (χ2v) is 7.18. The first-order valence-corrected chi connectivity index (χ1v) is 9.26. The predicted molar refractivity (Wildman–Crippen MR) is 85.4 cm³/mol. The van der Waals surface area contributed by atoms with Gasteiger partial charge in [0, 0.05) is 18.8 Å². The molecule has 5 nitrogen and oxygen atoms in total. The molecule has 3 unspecified atom stereocenters. The number of carboxylic acid groups (broad SMARTS) is 1. The Balaban J connectivity index is 2.77. The van der Waals surface area contributed by atoms with E-state index in [2.05, 4.69) is 0 Å². The number of carbonyl (C=O) groups excluding carboxylic acids is 1. The monoisotopic (exact) mass is 320 g/mol. The molecule has 1 fully saturated rings. The highest BCUT2D eigenvalue weighted by Crippen LogP contribution is 2.32. The van der Waals surface area contributed by atoms with Gasteiger partial charge in [0.25, 0.3) is 0 Å². The van der Waals surface area contributed by atoms with Crippen LogP contribution in [0.1, 0.15) is 26.7 Å². The van der Waals surface area contributed by atoms with Crippen LogP contribution in [0.15, 0.2) is 0 Å². The molecule has 1 aliphatic heterocycles. The van der Waals surface area contributed by atoms with Crippen molar-refractivity contribution in [2.24, 2.45) is 0 Å². The molecule has 0 aromatic carbocycles. The largest absolute Gasteiger partial charge is 0.480 e. The predicted octanol–water partition coefficient (Wildman–Crippen LogP) is 2.42. The van der Waals surface area contributed by atoms with Gasteiger partial charge in [-0.3, -0.25) is 4.90 Å². The number of urea groups is 1. The van der Waals surface area contributed by atoms with Crippen LogP contribution in [0.5, 0.6) is 0 Å². The average molecular weight is 320 g/mol. The van der Waals surface area contributed by atoms with Gasteiger partial charge >= 0.3 is 12.0 Å². The van der Waals surface area contributed by atoms with Gasteiger partial charge in [0.15, 0.2) is 0 Å². The third kappa shape index (κ3) is 3.97. The van der Waals surface area contributed by atoms with Crippen molar-refractivity contribution in [1.82, 2.24) is 9.80 Å². The summed E-state index contributed by atoms with van der Waals surface area (Å²) in [5, 5.41) is 9.25. The summed E-state index contributed by atoms with van der Waals surface area (Å²) in [6.07, 6.45) is 3.73. The van der Waals surface area contributed by atoms with Gasteiger partial charge in [0.2, 0.25) is 0 Å². The van der Waals surface area contributed by atoms with Crippen molar-refractivity contribution >= 4 is 35.5 Å². The number of thioether (sulfide) groups is 2. The lowest BCUT2D eigenvalue weighted by Gasteiger charge is -2.34. The third-order valence-corrected chi connectivity index (χ3v) is 5.75. The van der Waals surface area contributed by atoms with Crippen molar-refractivity contribution in [3.05, 3.63) is 0 Å². The van der Waals surface area contributed by atoms with Crippen LogP contribution in [0.4, 0.5) is 4.79 Å². The van der Waals surface area contributed by atoms with E-state index in [4.69, 9.17) is 0 Å². The number of hydrogen-bond acceptors (Lipinski definition) is 4. The van der Waals surface area contributed by atoms with Gasteiger partial charge in [-0.15, -0.1) is 11.8 Å². The Morgan fingerprint density at radius 3 is 2.70 bits per heavy atom. The molecular formula is C13H24N2O3S2. The first-order valence-electron chi connectivity index (χ1n) is 6.82. The Bertz CT molecular complexity index is 355. The third-order valence-electron chi connectivity index (χ3n) is 3.65. The van der Waals surface area contributed by atoms with E-state index in [0.717, 1.165) is 18.6 Å². The first-order chi connectivity index (χ1) is 9.43. The SMILES string of the molecule is CCC1SCC(C(=O)O)N1C(=O)N(C)C(C)CCSC. The maximum Gasteiger partial charge on any atom is 0.327 e. The van der Waals surface area contributed by atoms with E-state index in [1.165, 1.54) is 0 Å². The van der Waals surface area contributed by atoms with Crippen molar-refractivity contribution < 1.29 is 14.7 Å². The Kier molecular flexibility index (Phi) is 7.02. The molecule has 3 atom stereocenters. The smallest absolute Gasteiger partial charge is 0.327 e. The minimum atomic E-state index is -0.910. The van der Waals surface area contributed by atoms with Gasteiger partial charge in [0.05, 0.1) is 5.37 Å². The molecular weight excluding hydrogens is 296 g/mol. The molecule has 1 rings (SSSR count). The van der Waals surface area contributed by atoms with Crippen molar-refractivity contribution in [1.29, 1.82) is 0 Å². The summed E-state index contributed by atoms with van der Waals surface area (Å²) in [6.45, 7) is 3.99. The number of amides is 2. The van der Waals surface area contributed by atoms with E-state index in [1.54, 1.807) is 40.4 Å². The summed E-state index contributed by atoms with van der Waals surface area (Å²) < 4.78 is 0. The molecule has 0 bridgehead atoms. The van der Waals surface area contributed by atoms with Crippen LogP contribution in [0.25, 0.3) is 0 Å². The van der Waals surface area contributed by atoms with E-state index in [9.17, 15) is 14.7 Å². The Labute approximate surface area is 129 Å². The van der Waals surface area contributed by atoms with E-state index in [0.29, 0.717) is 5.75 Å². The highest BCUT2D eigenvalue weighted by Gasteiger charge is 2.42. The average Bonchev–Trinajstić information content (AvgIpc) is 2.86. The van der Waals surface area contributed by atoms with E-state index in [1.807, 2.05) is 20.1 Å². The quantitative estimate of drug-likeness (QED) is 0.814. The molecule has 1 aliphatic rings. The minimum absolute atomic E-state index is 0.0289. The van der Waals surface area contributed by atoms with E-state index < -0.39 is 12.0 Å². The molecule has 1 heterocycles. The Morgan fingerprint density at radius 1 is 1.55 bits per heavy atom. The number of aliphatic carboxylic acids is 1. The molecule has 0 aliphatic carbocycles. The molecule has 1 saturated heterocycles. The summed E-state index contributed by atoms with van der Waals surface area (Å²) in [6, 6.07) is -0.747. The molecule has 2 amide bonds. The van der Waals surface area contributed by atoms with E-state index in [-0.39, 0.29) is 17.4 Å². The van der Waals surface area contributed by atoms with Crippen LogP contribution in [0.2, 0.25) is 0 Å². The molecule has 0 radical (unpaired) electrons. The molecule has 0 aromatic heterocycles. The topological polar surface area (TPSA) is 60.9 Å².